The smallest absolute Gasteiger partial charge is 0.221 e. The first-order valence-corrected chi connectivity index (χ1v) is 10.3. The maximum atomic E-state index is 14.0. The van der Waals surface area contributed by atoms with Gasteiger partial charge in [-0.1, -0.05) is 29.8 Å². The number of hydrogen-bond acceptors (Lipinski definition) is 5. The summed E-state index contributed by atoms with van der Waals surface area (Å²) >= 11 is 6.12. The van der Waals surface area contributed by atoms with Gasteiger partial charge in [0, 0.05) is 56.8 Å². The third-order valence-electron chi connectivity index (χ3n) is 5.01. The van der Waals surface area contributed by atoms with Gasteiger partial charge in [-0.2, -0.15) is 0 Å². The van der Waals surface area contributed by atoms with Crippen LogP contribution in [0.3, 0.4) is 0 Å². The van der Waals surface area contributed by atoms with Gasteiger partial charge in [0.15, 0.2) is 0 Å². The van der Waals surface area contributed by atoms with E-state index >= 15 is 0 Å². The zero-order valence-electron chi connectivity index (χ0n) is 17.0. The van der Waals surface area contributed by atoms with E-state index in [4.69, 9.17) is 16.3 Å². The molecule has 1 fully saturated rings. The van der Waals surface area contributed by atoms with Crippen LogP contribution in [-0.2, 0) is 11.3 Å². The summed E-state index contributed by atoms with van der Waals surface area (Å²) in [6, 6.07) is 11.9. The molecule has 0 aliphatic carbocycles. The molecule has 1 saturated heterocycles. The van der Waals surface area contributed by atoms with Crippen molar-refractivity contribution in [2.45, 2.75) is 19.6 Å². The van der Waals surface area contributed by atoms with Gasteiger partial charge in [-0.3, -0.25) is 14.6 Å². The molecule has 0 radical (unpaired) electrons. The molecule has 0 saturated carbocycles. The lowest BCUT2D eigenvalue weighted by atomic mass is 10.1. The largest absolute Gasteiger partial charge is 0.489 e. The normalized spacial score (nSPS) is 16.3. The number of β-amino-alcohol motifs (C(OH)–C–C–N with tert-alkyl or cyclic N) is 1. The minimum Gasteiger partial charge on any atom is -0.489 e. The minimum absolute atomic E-state index is 0.127. The number of halogens is 2. The van der Waals surface area contributed by atoms with Crippen molar-refractivity contribution >= 4 is 23.2 Å². The summed E-state index contributed by atoms with van der Waals surface area (Å²) in [4.78, 5) is 15.6. The lowest BCUT2D eigenvalue weighted by Gasteiger charge is -2.35. The number of nitrogens with one attached hydrogen (secondary N) is 1. The number of amides is 1. The van der Waals surface area contributed by atoms with Crippen LogP contribution in [0, 0.1) is 5.82 Å². The van der Waals surface area contributed by atoms with Gasteiger partial charge in [-0.25, -0.2) is 4.39 Å². The van der Waals surface area contributed by atoms with E-state index in [1.807, 2.05) is 12.1 Å². The predicted octanol–water partition coefficient (Wildman–Crippen LogP) is 3.00. The predicted molar refractivity (Wildman–Crippen MR) is 115 cm³/mol. The Morgan fingerprint density at radius 3 is 2.57 bits per heavy atom. The van der Waals surface area contributed by atoms with Crippen molar-refractivity contribution in [1.82, 2.24) is 9.80 Å². The number of benzene rings is 2. The van der Waals surface area contributed by atoms with Crippen LogP contribution in [0.1, 0.15) is 12.5 Å². The van der Waals surface area contributed by atoms with Crippen LogP contribution < -0.4 is 10.1 Å². The van der Waals surface area contributed by atoms with Crippen LogP contribution >= 0.6 is 11.6 Å². The van der Waals surface area contributed by atoms with Gasteiger partial charge in [0.25, 0.3) is 0 Å². The molecule has 2 N–H and O–H groups in total. The van der Waals surface area contributed by atoms with Gasteiger partial charge in [0.05, 0.1) is 5.69 Å². The molecule has 8 heteroatoms. The Bertz CT molecular complexity index is 839. The topological polar surface area (TPSA) is 65.0 Å². The van der Waals surface area contributed by atoms with Crippen molar-refractivity contribution < 1.29 is 19.0 Å². The average Bonchev–Trinajstić information content (AvgIpc) is 2.71. The number of para-hydroxylation sites is 2. The Kier molecular flexibility index (Phi) is 8.04. The van der Waals surface area contributed by atoms with Crippen LogP contribution in [0.4, 0.5) is 10.1 Å². The number of rotatable bonds is 8. The first-order chi connectivity index (χ1) is 14.4. The third-order valence-corrected chi connectivity index (χ3v) is 5.36. The molecule has 1 aliphatic heterocycles. The van der Waals surface area contributed by atoms with Crippen LogP contribution in [0.15, 0.2) is 42.5 Å². The van der Waals surface area contributed by atoms with Gasteiger partial charge in [-0.15, -0.1) is 0 Å². The molecule has 6 nitrogen and oxygen atoms in total. The Hall–Kier alpha value is -2.19. The molecule has 0 spiro atoms. The van der Waals surface area contributed by atoms with E-state index in [1.165, 1.54) is 13.0 Å². The highest BCUT2D eigenvalue weighted by molar-refractivity contribution is 6.31. The SMILES string of the molecule is CC(=O)Nc1ccccc1OCC(O)CN1CCN(Cc2c(F)cccc2Cl)CC1. The van der Waals surface area contributed by atoms with E-state index in [0.29, 0.717) is 35.1 Å². The maximum absolute atomic E-state index is 14.0. The molecule has 2 aromatic carbocycles. The van der Waals surface area contributed by atoms with Crippen LogP contribution in [-0.4, -0.2) is 66.2 Å². The van der Waals surface area contributed by atoms with Gasteiger partial charge in [0.1, 0.15) is 24.3 Å². The second kappa shape index (κ2) is 10.7. The fraction of sp³-hybridized carbons (Fsp3) is 0.409. The van der Waals surface area contributed by atoms with Crippen molar-refractivity contribution in [3.63, 3.8) is 0 Å². The van der Waals surface area contributed by atoms with Gasteiger partial charge >= 0.3 is 0 Å². The summed E-state index contributed by atoms with van der Waals surface area (Å²) in [6.07, 6.45) is -0.664. The number of carbonyl (C=O) groups is 1. The van der Waals surface area contributed by atoms with Crippen LogP contribution in [0.5, 0.6) is 5.75 Å². The van der Waals surface area contributed by atoms with E-state index in [9.17, 15) is 14.3 Å². The number of aliphatic hydroxyl groups excluding tert-OH is 1. The molecular formula is C22H27ClFN3O3. The molecule has 2 aromatic rings. The highest BCUT2D eigenvalue weighted by atomic mass is 35.5. The lowest BCUT2D eigenvalue weighted by molar-refractivity contribution is -0.114. The average molecular weight is 436 g/mol. The minimum atomic E-state index is -0.664. The molecule has 0 aromatic heterocycles. The second-order valence-electron chi connectivity index (χ2n) is 7.42. The summed E-state index contributed by atoms with van der Waals surface area (Å²) in [5.41, 5.74) is 1.11. The van der Waals surface area contributed by atoms with Gasteiger partial charge in [-0.05, 0) is 24.3 Å². The van der Waals surface area contributed by atoms with Crippen molar-refractivity contribution in [1.29, 1.82) is 0 Å². The van der Waals surface area contributed by atoms with E-state index in [1.54, 1.807) is 24.3 Å². The first kappa shape index (κ1) is 22.5. The van der Waals surface area contributed by atoms with Gasteiger partial charge in [0.2, 0.25) is 5.91 Å². The van der Waals surface area contributed by atoms with Crippen molar-refractivity contribution in [3.05, 3.63) is 58.9 Å². The van der Waals surface area contributed by atoms with Crippen LogP contribution in [0.2, 0.25) is 5.02 Å². The monoisotopic (exact) mass is 435 g/mol. The summed E-state index contributed by atoms with van der Waals surface area (Å²) in [7, 11) is 0. The third kappa shape index (κ3) is 6.40. The number of aliphatic hydroxyl groups is 1. The molecule has 30 heavy (non-hydrogen) atoms. The maximum Gasteiger partial charge on any atom is 0.221 e. The van der Waals surface area contributed by atoms with Crippen molar-refractivity contribution in [3.8, 4) is 5.75 Å². The second-order valence-corrected chi connectivity index (χ2v) is 7.83. The van der Waals surface area contributed by atoms with E-state index in [2.05, 4.69) is 15.1 Å². The summed E-state index contributed by atoms with van der Waals surface area (Å²) in [5, 5.41) is 13.5. The standard InChI is InChI=1S/C22H27ClFN3O3/c1-16(28)25-21-7-2-3-8-22(21)30-15-17(29)13-26-9-11-27(12-10-26)14-18-19(23)5-4-6-20(18)24/h2-8,17,29H,9-15H2,1H3,(H,25,28). The zero-order valence-corrected chi connectivity index (χ0v) is 17.7. The summed E-state index contributed by atoms with van der Waals surface area (Å²) < 4.78 is 19.7. The molecular weight excluding hydrogens is 409 g/mol. The quantitative estimate of drug-likeness (QED) is 0.667. The first-order valence-electron chi connectivity index (χ1n) is 9.97. The fourth-order valence-corrected chi connectivity index (χ4v) is 3.68. The van der Waals surface area contributed by atoms with Crippen molar-refractivity contribution in [2.24, 2.45) is 0 Å². The molecule has 162 valence electrons. The van der Waals surface area contributed by atoms with Gasteiger partial charge < -0.3 is 15.2 Å². The van der Waals surface area contributed by atoms with E-state index in [0.717, 1.165) is 26.2 Å². The Morgan fingerprint density at radius 1 is 1.17 bits per heavy atom. The van der Waals surface area contributed by atoms with Crippen LogP contribution in [0.25, 0.3) is 0 Å². The molecule has 1 aliphatic rings. The number of piperazine rings is 1. The summed E-state index contributed by atoms with van der Waals surface area (Å²) in [5.74, 6) is 0.0662. The Balaban J connectivity index is 1.43. The number of carbonyl (C=O) groups excluding carboxylic acids is 1. The van der Waals surface area contributed by atoms with E-state index < -0.39 is 6.10 Å². The molecule has 3 rings (SSSR count). The molecule has 1 unspecified atom stereocenters. The Labute approximate surface area is 181 Å². The number of anilines is 1. The highest BCUT2D eigenvalue weighted by Gasteiger charge is 2.21. The molecule has 1 heterocycles. The molecule has 1 atom stereocenters. The van der Waals surface area contributed by atoms with Crippen molar-refractivity contribution in [2.75, 3.05) is 44.6 Å². The molecule has 1 amide bonds. The Morgan fingerprint density at radius 2 is 1.87 bits per heavy atom. The lowest BCUT2D eigenvalue weighted by Crippen LogP contribution is -2.48. The number of ether oxygens (including phenoxy) is 1. The highest BCUT2D eigenvalue weighted by Crippen LogP contribution is 2.24. The number of hydrogen-bond donors (Lipinski definition) is 2. The summed E-state index contributed by atoms with van der Waals surface area (Å²) in [6.45, 7) is 5.60. The van der Waals surface area contributed by atoms with E-state index in [-0.39, 0.29) is 18.3 Å². The zero-order chi connectivity index (χ0) is 21.5. The fourth-order valence-electron chi connectivity index (χ4n) is 3.46. The molecule has 0 bridgehead atoms. The number of nitrogens with zero attached hydrogens (tertiary/aromatic N) is 2.